The van der Waals surface area contributed by atoms with Crippen molar-refractivity contribution in [1.82, 2.24) is 9.97 Å². The van der Waals surface area contributed by atoms with Crippen molar-refractivity contribution in [2.45, 2.75) is 25.2 Å². The van der Waals surface area contributed by atoms with Crippen LogP contribution in [0.2, 0.25) is 0 Å². The van der Waals surface area contributed by atoms with Crippen LogP contribution in [0.15, 0.2) is 29.2 Å². The maximum absolute atomic E-state index is 5.31. The molecule has 0 atom stereocenters. The van der Waals surface area contributed by atoms with Crippen LogP contribution in [0.1, 0.15) is 18.2 Å². The molecule has 0 aliphatic rings. The third-order valence-electron chi connectivity index (χ3n) is 2.97. The Kier molecular flexibility index (Phi) is 4.19. The fourth-order valence-electron chi connectivity index (χ4n) is 1.82. The predicted octanol–water partition coefficient (Wildman–Crippen LogP) is 4.40. The van der Waals surface area contributed by atoms with Crippen molar-refractivity contribution < 1.29 is 0 Å². The minimum atomic E-state index is 0.689. The monoisotopic (exact) mass is 276 g/mol. The van der Waals surface area contributed by atoms with Crippen LogP contribution in [0, 0.1) is 11.6 Å². The lowest BCUT2D eigenvalue weighted by Crippen LogP contribution is -1.99. The Balaban J connectivity index is 2.50. The Hall–Kier alpha value is -1.13. The molecule has 2 rings (SSSR count). The maximum Gasteiger partial charge on any atom is 0.139 e. The predicted molar refractivity (Wildman–Crippen MR) is 80.8 cm³/mol. The van der Waals surface area contributed by atoms with Gasteiger partial charge in [-0.05, 0) is 31.7 Å². The van der Waals surface area contributed by atoms with Gasteiger partial charge in [-0.25, -0.2) is 4.98 Å². The third kappa shape index (κ3) is 2.65. The minimum absolute atomic E-state index is 0.689. The summed E-state index contributed by atoms with van der Waals surface area (Å²) in [5.74, 6) is 0.857. The molecule has 2 nitrogen and oxygen atoms in total. The van der Waals surface area contributed by atoms with E-state index in [1.165, 1.54) is 10.6 Å². The zero-order chi connectivity index (χ0) is 13.1. The molecule has 0 saturated carbocycles. The highest BCUT2D eigenvalue weighted by Gasteiger charge is 2.05. The molecule has 1 aromatic heterocycles. The van der Waals surface area contributed by atoms with Gasteiger partial charge in [-0.3, -0.25) is 0 Å². The lowest BCUT2D eigenvalue weighted by Gasteiger charge is -2.08. The summed E-state index contributed by atoms with van der Waals surface area (Å²) in [6.07, 6.45) is 3.01. The van der Waals surface area contributed by atoms with Crippen LogP contribution < -0.4 is 0 Å². The molecule has 1 aromatic carbocycles. The van der Waals surface area contributed by atoms with Crippen molar-refractivity contribution in [2.24, 2.45) is 0 Å². The van der Waals surface area contributed by atoms with Gasteiger partial charge in [0.1, 0.15) is 10.5 Å². The molecule has 0 aliphatic carbocycles. The molecule has 94 valence electrons. The van der Waals surface area contributed by atoms with Crippen LogP contribution in [-0.2, 0) is 6.42 Å². The number of thioether (sulfide) groups is 1. The van der Waals surface area contributed by atoms with E-state index in [0.717, 1.165) is 23.4 Å². The zero-order valence-corrected chi connectivity index (χ0v) is 12.4. The van der Waals surface area contributed by atoms with Crippen molar-refractivity contribution in [3.8, 4) is 11.4 Å². The third-order valence-corrected chi connectivity index (χ3v) is 4.11. The standard InChI is InChI=1S/C14H16N2S2/c1-4-12-9(2)14(17)16-13(15-12)10-5-7-11(18-3)8-6-10/h5-8H,4H2,1-3H3,(H,15,16,17). The second-order valence-corrected chi connectivity index (χ2v) is 5.34. The lowest BCUT2D eigenvalue weighted by atomic mass is 10.1. The number of aromatic nitrogens is 2. The van der Waals surface area contributed by atoms with Gasteiger partial charge < -0.3 is 4.98 Å². The van der Waals surface area contributed by atoms with Crippen LogP contribution in [0.4, 0.5) is 0 Å². The van der Waals surface area contributed by atoms with Gasteiger partial charge in [-0.15, -0.1) is 11.8 Å². The smallest absolute Gasteiger partial charge is 0.139 e. The fraction of sp³-hybridized carbons (Fsp3) is 0.286. The van der Waals surface area contributed by atoms with Crippen molar-refractivity contribution >= 4 is 24.0 Å². The van der Waals surface area contributed by atoms with E-state index in [2.05, 4.69) is 47.4 Å². The number of H-pyrrole nitrogens is 1. The average molecular weight is 276 g/mol. The molecule has 0 radical (unpaired) electrons. The quantitative estimate of drug-likeness (QED) is 0.665. The molecular formula is C14H16N2S2. The first-order chi connectivity index (χ1) is 8.65. The van der Waals surface area contributed by atoms with E-state index in [9.17, 15) is 0 Å². The summed E-state index contributed by atoms with van der Waals surface area (Å²) in [6.45, 7) is 4.14. The van der Waals surface area contributed by atoms with Gasteiger partial charge in [0.2, 0.25) is 0 Å². The van der Waals surface area contributed by atoms with E-state index in [4.69, 9.17) is 12.2 Å². The number of nitrogens with one attached hydrogen (secondary N) is 1. The zero-order valence-electron chi connectivity index (χ0n) is 10.8. The van der Waals surface area contributed by atoms with Gasteiger partial charge in [-0.1, -0.05) is 31.3 Å². The van der Waals surface area contributed by atoms with Gasteiger partial charge in [0, 0.05) is 21.7 Å². The van der Waals surface area contributed by atoms with Crippen molar-refractivity contribution in [3.63, 3.8) is 0 Å². The van der Waals surface area contributed by atoms with Gasteiger partial charge in [-0.2, -0.15) is 0 Å². The molecule has 0 unspecified atom stereocenters. The summed E-state index contributed by atoms with van der Waals surface area (Å²) in [6, 6.07) is 8.36. The number of rotatable bonds is 3. The van der Waals surface area contributed by atoms with E-state index in [-0.39, 0.29) is 0 Å². The topological polar surface area (TPSA) is 28.7 Å². The molecule has 1 heterocycles. The van der Waals surface area contributed by atoms with E-state index < -0.39 is 0 Å². The normalized spacial score (nSPS) is 10.6. The minimum Gasteiger partial charge on any atom is -0.343 e. The van der Waals surface area contributed by atoms with Crippen molar-refractivity contribution in [2.75, 3.05) is 6.26 Å². The maximum atomic E-state index is 5.31. The number of nitrogens with zero attached hydrogens (tertiary/aromatic N) is 1. The first-order valence-electron chi connectivity index (χ1n) is 5.90. The van der Waals surface area contributed by atoms with Crippen LogP contribution in [0.25, 0.3) is 11.4 Å². The second-order valence-electron chi connectivity index (χ2n) is 4.08. The van der Waals surface area contributed by atoms with Crippen molar-refractivity contribution in [3.05, 3.63) is 40.2 Å². The van der Waals surface area contributed by atoms with E-state index in [1.807, 2.05) is 6.92 Å². The number of hydrogen-bond acceptors (Lipinski definition) is 3. The molecule has 18 heavy (non-hydrogen) atoms. The Bertz CT molecular complexity index is 600. The van der Waals surface area contributed by atoms with Gasteiger partial charge in [0.25, 0.3) is 0 Å². The number of aromatic amines is 1. The number of hydrogen-bond donors (Lipinski definition) is 1. The molecular weight excluding hydrogens is 260 g/mol. The Morgan fingerprint density at radius 3 is 2.50 bits per heavy atom. The highest BCUT2D eigenvalue weighted by atomic mass is 32.2. The summed E-state index contributed by atoms with van der Waals surface area (Å²) in [7, 11) is 0. The fourth-order valence-corrected chi connectivity index (χ4v) is 2.44. The first-order valence-corrected chi connectivity index (χ1v) is 7.53. The van der Waals surface area contributed by atoms with Crippen molar-refractivity contribution in [1.29, 1.82) is 0 Å². The summed E-state index contributed by atoms with van der Waals surface area (Å²) >= 11 is 7.04. The number of benzene rings is 1. The molecule has 0 bridgehead atoms. The first kappa shape index (κ1) is 13.3. The summed E-state index contributed by atoms with van der Waals surface area (Å²) < 4.78 is 0.689. The molecule has 0 amide bonds. The summed E-state index contributed by atoms with van der Waals surface area (Å²) in [5.41, 5.74) is 3.32. The van der Waals surface area contributed by atoms with Crippen LogP contribution in [0.3, 0.4) is 0 Å². The molecule has 0 aliphatic heterocycles. The molecule has 0 fully saturated rings. The van der Waals surface area contributed by atoms with E-state index in [1.54, 1.807) is 11.8 Å². The number of aryl methyl sites for hydroxylation is 1. The lowest BCUT2D eigenvalue weighted by molar-refractivity contribution is 0.969. The molecule has 0 spiro atoms. The van der Waals surface area contributed by atoms with Gasteiger partial charge in [0.15, 0.2) is 0 Å². The average Bonchev–Trinajstić information content (AvgIpc) is 2.42. The molecule has 1 N–H and O–H groups in total. The molecule has 2 aromatic rings. The van der Waals surface area contributed by atoms with Crippen LogP contribution in [0.5, 0.6) is 0 Å². The highest BCUT2D eigenvalue weighted by molar-refractivity contribution is 7.98. The van der Waals surface area contributed by atoms with Gasteiger partial charge in [0.05, 0.1) is 0 Å². The van der Waals surface area contributed by atoms with E-state index in [0.29, 0.717) is 4.64 Å². The van der Waals surface area contributed by atoms with E-state index >= 15 is 0 Å². The highest BCUT2D eigenvalue weighted by Crippen LogP contribution is 2.21. The second kappa shape index (κ2) is 5.67. The Labute approximate surface area is 117 Å². The SMILES string of the molecule is CCc1[nH]c(-c2ccc(SC)cc2)nc(=S)c1C. The molecule has 4 heteroatoms. The summed E-state index contributed by atoms with van der Waals surface area (Å²) in [5, 5.41) is 0. The van der Waals surface area contributed by atoms with Crippen LogP contribution in [-0.4, -0.2) is 16.2 Å². The Morgan fingerprint density at radius 2 is 1.94 bits per heavy atom. The largest absolute Gasteiger partial charge is 0.343 e. The molecule has 0 saturated heterocycles. The van der Waals surface area contributed by atoms with Crippen LogP contribution >= 0.6 is 24.0 Å². The summed E-state index contributed by atoms with van der Waals surface area (Å²) in [4.78, 5) is 9.08. The van der Waals surface area contributed by atoms with Gasteiger partial charge >= 0.3 is 0 Å². The Morgan fingerprint density at radius 1 is 1.28 bits per heavy atom.